The molecule has 0 aliphatic rings. The molecule has 2 nitrogen and oxygen atoms in total. The van der Waals surface area contributed by atoms with E-state index in [2.05, 4.69) is 4.98 Å². The summed E-state index contributed by atoms with van der Waals surface area (Å²) >= 11 is 0. The van der Waals surface area contributed by atoms with Gasteiger partial charge in [-0.3, -0.25) is 4.98 Å². The Hall–Kier alpha value is -1.04. The maximum Gasteiger partial charge on any atom is 0.187 e. The van der Waals surface area contributed by atoms with E-state index in [4.69, 9.17) is 5.11 Å². The van der Waals surface area contributed by atoms with Crippen molar-refractivity contribution in [1.82, 2.24) is 4.98 Å². The minimum atomic E-state index is 0. The lowest BCUT2D eigenvalue weighted by atomic mass is 10.2. The zero-order valence-corrected chi connectivity index (χ0v) is 5.86. The zero-order valence-electron chi connectivity index (χ0n) is 5.86. The van der Waals surface area contributed by atoms with Crippen LogP contribution in [0.3, 0.4) is 0 Å². The average Bonchev–Trinajstić information content (AvgIpc) is 2.04. The van der Waals surface area contributed by atoms with Crippen LogP contribution in [0.4, 0.5) is 0 Å². The van der Waals surface area contributed by atoms with Gasteiger partial charge in [-0.1, -0.05) is 6.07 Å². The molecule has 0 bridgehead atoms. The van der Waals surface area contributed by atoms with Crippen molar-refractivity contribution in [3.63, 3.8) is 0 Å². The van der Waals surface area contributed by atoms with E-state index in [1.54, 1.807) is 24.4 Å². The molecule has 0 aliphatic heterocycles. The van der Waals surface area contributed by atoms with Gasteiger partial charge in [0.25, 0.3) is 0 Å². The quantitative estimate of drug-likeness (QED) is 0.599. The minimum absolute atomic E-state index is 0. The van der Waals surface area contributed by atoms with Gasteiger partial charge in [-0.15, -0.1) is 0 Å². The SMILES string of the molecule is Oc1ccc2ncccc2c1.[AlH3]. The van der Waals surface area contributed by atoms with Crippen LogP contribution in [-0.4, -0.2) is 27.5 Å². The van der Waals surface area contributed by atoms with Gasteiger partial charge in [-0.25, -0.2) is 0 Å². The second-order valence-corrected chi connectivity index (χ2v) is 2.38. The van der Waals surface area contributed by atoms with Gasteiger partial charge in [0.2, 0.25) is 0 Å². The summed E-state index contributed by atoms with van der Waals surface area (Å²) in [7, 11) is 0. The molecular weight excluding hydrogens is 165 g/mol. The Bertz CT molecular complexity index is 389. The van der Waals surface area contributed by atoms with E-state index in [0.29, 0.717) is 0 Å². The summed E-state index contributed by atoms with van der Waals surface area (Å²) in [6.45, 7) is 0. The summed E-state index contributed by atoms with van der Waals surface area (Å²) in [5, 5.41) is 10.1. The summed E-state index contributed by atoms with van der Waals surface area (Å²) in [5.41, 5.74) is 0.908. The number of nitrogens with zero attached hydrogens (tertiary/aromatic N) is 1. The van der Waals surface area contributed by atoms with Crippen LogP contribution < -0.4 is 0 Å². The standard InChI is InChI=1S/C9H7NO.Al.3H/c11-8-3-4-9-7(6-8)2-1-5-10-9;;;;/h1-6,11H;;;;. The number of fused-ring (bicyclic) bond motifs is 1. The number of phenolic OH excluding ortho intramolecular Hbond substituents is 1. The molecule has 0 radical (unpaired) electrons. The Morgan fingerprint density at radius 1 is 1.17 bits per heavy atom. The third-order valence-corrected chi connectivity index (χ3v) is 1.59. The van der Waals surface area contributed by atoms with Gasteiger partial charge < -0.3 is 5.11 Å². The van der Waals surface area contributed by atoms with Gasteiger partial charge in [0.15, 0.2) is 17.4 Å². The molecule has 0 unspecified atom stereocenters. The van der Waals surface area contributed by atoms with Crippen molar-refractivity contribution in [1.29, 1.82) is 0 Å². The van der Waals surface area contributed by atoms with Gasteiger partial charge in [0, 0.05) is 11.6 Å². The minimum Gasteiger partial charge on any atom is -0.508 e. The number of aromatic nitrogens is 1. The highest BCUT2D eigenvalue weighted by molar-refractivity contribution is 5.79. The van der Waals surface area contributed by atoms with Crippen LogP contribution in [0.5, 0.6) is 5.75 Å². The first-order valence-electron chi connectivity index (χ1n) is 3.40. The van der Waals surface area contributed by atoms with E-state index in [1.165, 1.54) is 0 Å². The number of aromatic hydroxyl groups is 1. The van der Waals surface area contributed by atoms with E-state index in [9.17, 15) is 0 Å². The fourth-order valence-corrected chi connectivity index (χ4v) is 1.06. The van der Waals surface area contributed by atoms with Crippen molar-refractivity contribution < 1.29 is 5.11 Å². The molecule has 2 aromatic rings. The molecule has 2 rings (SSSR count). The van der Waals surface area contributed by atoms with Crippen molar-refractivity contribution >= 4 is 28.3 Å². The normalized spacial score (nSPS) is 9.33. The summed E-state index contributed by atoms with van der Waals surface area (Å²) < 4.78 is 0. The first-order valence-corrected chi connectivity index (χ1v) is 3.40. The molecule has 0 atom stereocenters. The first-order chi connectivity index (χ1) is 5.36. The smallest absolute Gasteiger partial charge is 0.187 e. The Morgan fingerprint density at radius 3 is 2.83 bits per heavy atom. The van der Waals surface area contributed by atoms with Gasteiger partial charge in [-0.2, -0.15) is 0 Å². The Balaban J connectivity index is 0.000000720. The number of pyridine rings is 1. The third kappa shape index (κ3) is 1.58. The molecule has 1 N–H and O–H groups in total. The molecule has 0 saturated carbocycles. The monoisotopic (exact) mass is 175 g/mol. The highest BCUT2D eigenvalue weighted by Crippen LogP contribution is 2.16. The van der Waals surface area contributed by atoms with Crippen molar-refractivity contribution in [2.24, 2.45) is 0 Å². The van der Waals surface area contributed by atoms with E-state index in [1.807, 2.05) is 12.1 Å². The van der Waals surface area contributed by atoms with Crippen LogP contribution in [0.2, 0.25) is 0 Å². The van der Waals surface area contributed by atoms with E-state index >= 15 is 0 Å². The predicted molar refractivity (Wildman–Crippen MR) is 53.3 cm³/mol. The van der Waals surface area contributed by atoms with E-state index < -0.39 is 0 Å². The molecule has 1 aromatic heterocycles. The molecule has 60 valence electrons. The third-order valence-electron chi connectivity index (χ3n) is 1.59. The number of rotatable bonds is 0. The number of hydrogen-bond acceptors (Lipinski definition) is 2. The molecule has 0 spiro atoms. The van der Waals surface area contributed by atoms with Gasteiger partial charge in [-0.05, 0) is 24.3 Å². The molecule has 1 heterocycles. The fraction of sp³-hybridized carbons (Fsp3) is 0. The second kappa shape index (κ2) is 3.57. The first kappa shape index (κ1) is 9.05. The number of phenols is 1. The second-order valence-electron chi connectivity index (χ2n) is 2.38. The topological polar surface area (TPSA) is 33.1 Å². The van der Waals surface area contributed by atoms with Crippen LogP contribution in [0, 0.1) is 0 Å². The summed E-state index contributed by atoms with van der Waals surface area (Å²) in [4.78, 5) is 4.11. The molecular formula is C9H10AlNO. The summed E-state index contributed by atoms with van der Waals surface area (Å²) in [6, 6.07) is 8.90. The lowest BCUT2D eigenvalue weighted by Gasteiger charge is -1.95. The van der Waals surface area contributed by atoms with Crippen LogP contribution >= 0.6 is 0 Å². The predicted octanol–water partition coefficient (Wildman–Crippen LogP) is 0.756. The highest BCUT2D eigenvalue weighted by Gasteiger charge is 1.92. The Labute approximate surface area is 81.0 Å². The maximum atomic E-state index is 9.10. The van der Waals surface area contributed by atoms with Gasteiger partial charge >= 0.3 is 0 Å². The molecule has 3 heteroatoms. The molecule has 0 fully saturated rings. The average molecular weight is 175 g/mol. The van der Waals surface area contributed by atoms with E-state index in [0.717, 1.165) is 10.9 Å². The molecule has 12 heavy (non-hydrogen) atoms. The molecule has 0 aliphatic carbocycles. The van der Waals surface area contributed by atoms with Gasteiger partial charge in [0.1, 0.15) is 5.75 Å². The summed E-state index contributed by atoms with van der Waals surface area (Å²) in [5.74, 6) is 0.283. The van der Waals surface area contributed by atoms with Crippen molar-refractivity contribution in [2.75, 3.05) is 0 Å². The van der Waals surface area contributed by atoms with E-state index in [-0.39, 0.29) is 23.1 Å². The number of hydrogen-bond donors (Lipinski definition) is 1. The number of benzene rings is 1. The molecule has 0 saturated heterocycles. The van der Waals surface area contributed by atoms with Crippen molar-refractivity contribution in [3.05, 3.63) is 36.5 Å². The summed E-state index contributed by atoms with van der Waals surface area (Å²) in [6.07, 6.45) is 1.74. The van der Waals surface area contributed by atoms with Gasteiger partial charge in [0.05, 0.1) is 5.52 Å². The fourth-order valence-electron chi connectivity index (χ4n) is 1.06. The molecule has 1 aromatic carbocycles. The van der Waals surface area contributed by atoms with Crippen molar-refractivity contribution in [3.8, 4) is 5.75 Å². The zero-order chi connectivity index (χ0) is 7.68. The van der Waals surface area contributed by atoms with Crippen LogP contribution in [0.1, 0.15) is 0 Å². The van der Waals surface area contributed by atoms with Crippen LogP contribution in [0.15, 0.2) is 36.5 Å². The van der Waals surface area contributed by atoms with Crippen LogP contribution in [-0.2, 0) is 0 Å². The lowest BCUT2D eigenvalue weighted by molar-refractivity contribution is 0.476. The van der Waals surface area contributed by atoms with Crippen molar-refractivity contribution in [2.45, 2.75) is 0 Å². The largest absolute Gasteiger partial charge is 0.508 e. The lowest BCUT2D eigenvalue weighted by Crippen LogP contribution is -1.75. The highest BCUT2D eigenvalue weighted by atomic mass is 27.0. The van der Waals surface area contributed by atoms with Crippen LogP contribution in [0.25, 0.3) is 10.9 Å². The molecule has 0 amide bonds. The Kier molecular flexibility index (Phi) is 2.70. The Morgan fingerprint density at radius 2 is 2.00 bits per heavy atom. The maximum absolute atomic E-state index is 9.10.